The summed E-state index contributed by atoms with van der Waals surface area (Å²) in [6, 6.07) is 0. The quantitative estimate of drug-likeness (QED) is 0.549. The van der Waals surface area contributed by atoms with Crippen molar-refractivity contribution in [3.05, 3.63) is 0 Å². The Morgan fingerprint density at radius 2 is 2.30 bits per heavy atom. The third-order valence-electron chi connectivity index (χ3n) is 0.953. The molecule has 4 nitrogen and oxygen atoms in total. The van der Waals surface area contributed by atoms with Gasteiger partial charge >= 0.3 is 5.97 Å². The fourth-order valence-corrected chi connectivity index (χ4v) is 0.434. The van der Waals surface area contributed by atoms with Gasteiger partial charge in [0, 0.05) is 6.61 Å². The number of methoxy groups -OCH3 is 1. The Hall–Kier alpha value is -0.610. The van der Waals surface area contributed by atoms with E-state index in [0.29, 0.717) is 6.61 Å². The molecule has 0 aromatic rings. The lowest BCUT2D eigenvalue weighted by atomic mass is 10.4. The number of hydrogen-bond donors (Lipinski definition) is 1. The van der Waals surface area contributed by atoms with Gasteiger partial charge in [-0.2, -0.15) is 0 Å². The summed E-state index contributed by atoms with van der Waals surface area (Å²) in [7, 11) is 1.22. The van der Waals surface area contributed by atoms with Crippen molar-refractivity contribution in [3.8, 4) is 0 Å². The Balaban J connectivity index is 3.41. The number of aliphatic hydroxyl groups excluding tert-OH is 1. The van der Waals surface area contributed by atoms with Crippen molar-refractivity contribution in [3.63, 3.8) is 0 Å². The van der Waals surface area contributed by atoms with Gasteiger partial charge in [-0.15, -0.1) is 0 Å². The van der Waals surface area contributed by atoms with Crippen LogP contribution in [0.4, 0.5) is 0 Å². The molecule has 0 aromatic heterocycles. The highest BCUT2D eigenvalue weighted by Gasteiger charge is 2.14. The van der Waals surface area contributed by atoms with Crippen molar-refractivity contribution in [2.75, 3.05) is 20.3 Å². The van der Waals surface area contributed by atoms with Crippen molar-refractivity contribution in [1.29, 1.82) is 0 Å². The second-order valence-electron chi connectivity index (χ2n) is 1.70. The number of esters is 1. The molecule has 0 saturated heterocycles. The first-order chi connectivity index (χ1) is 4.72. The fourth-order valence-electron chi connectivity index (χ4n) is 0.434. The monoisotopic (exact) mass is 148 g/mol. The van der Waals surface area contributed by atoms with Gasteiger partial charge in [-0.25, -0.2) is 4.79 Å². The maximum Gasteiger partial charge on any atom is 0.337 e. The van der Waals surface area contributed by atoms with Gasteiger partial charge in [0.25, 0.3) is 0 Å². The van der Waals surface area contributed by atoms with Crippen LogP contribution in [0.2, 0.25) is 0 Å². The van der Waals surface area contributed by atoms with Crippen LogP contribution in [0.25, 0.3) is 0 Å². The third-order valence-corrected chi connectivity index (χ3v) is 0.953. The van der Waals surface area contributed by atoms with Crippen molar-refractivity contribution in [2.24, 2.45) is 0 Å². The zero-order valence-electron chi connectivity index (χ0n) is 6.16. The van der Waals surface area contributed by atoms with Crippen LogP contribution in [0, 0.1) is 0 Å². The van der Waals surface area contributed by atoms with Gasteiger partial charge in [0.2, 0.25) is 0 Å². The highest BCUT2D eigenvalue weighted by atomic mass is 16.5. The minimum atomic E-state index is -1.15. The second-order valence-corrected chi connectivity index (χ2v) is 1.70. The van der Waals surface area contributed by atoms with Crippen molar-refractivity contribution in [1.82, 2.24) is 0 Å². The zero-order valence-corrected chi connectivity index (χ0v) is 6.16. The van der Waals surface area contributed by atoms with Crippen LogP contribution < -0.4 is 0 Å². The maximum absolute atomic E-state index is 10.5. The molecule has 1 unspecified atom stereocenters. The Labute approximate surface area is 59.7 Å². The second kappa shape index (κ2) is 5.20. The molecule has 10 heavy (non-hydrogen) atoms. The standard InChI is InChI=1S/C6H12O4/c1-3-10-4-5(7)6(8)9-2/h5,7H,3-4H2,1-2H3. The third kappa shape index (κ3) is 3.42. The van der Waals surface area contributed by atoms with E-state index in [4.69, 9.17) is 9.84 Å². The van der Waals surface area contributed by atoms with Crippen LogP contribution in [-0.4, -0.2) is 37.5 Å². The van der Waals surface area contributed by atoms with E-state index < -0.39 is 12.1 Å². The number of aliphatic hydroxyl groups is 1. The molecule has 0 bridgehead atoms. The molecule has 0 saturated carbocycles. The minimum Gasteiger partial charge on any atom is -0.467 e. The van der Waals surface area contributed by atoms with Gasteiger partial charge in [0.1, 0.15) is 0 Å². The highest BCUT2D eigenvalue weighted by molar-refractivity contribution is 5.74. The van der Waals surface area contributed by atoms with Crippen LogP contribution in [0.3, 0.4) is 0 Å². The van der Waals surface area contributed by atoms with E-state index in [1.807, 2.05) is 0 Å². The van der Waals surface area contributed by atoms with E-state index in [1.165, 1.54) is 7.11 Å². The Bertz CT molecular complexity index is 102. The SMILES string of the molecule is CCOCC(O)C(=O)OC. The number of carbonyl (C=O) groups excluding carboxylic acids is 1. The van der Waals surface area contributed by atoms with Crippen LogP contribution in [-0.2, 0) is 14.3 Å². The van der Waals surface area contributed by atoms with Crippen LogP contribution >= 0.6 is 0 Å². The molecular formula is C6H12O4. The van der Waals surface area contributed by atoms with Crippen molar-refractivity contribution < 1.29 is 19.4 Å². The summed E-state index contributed by atoms with van der Waals surface area (Å²) in [6.45, 7) is 2.27. The molecule has 0 amide bonds. The number of hydrogen-bond acceptors (Lipinski definition) is 4. The predicted octanol–water partition coefficient (Wildman–Crippen LogP) is -0.443. The summed E-state index contributed by atoms with van der Waals surface area (Å²) in [4.78, 5) is 10.5. The number of carbonyl (C=O) groups is 1. The molecule has 60 valence electrons. The summed E-state index contributed by atoms with van der Waals surface area (Å²) in [5, 5.41) is 8.85. The fraction of sp³-hybridized carbons (Fsp3) is 0.833. The zero-order chi connectivity index (χ0) is 7.98. The van der Waals surface area contributed by atoms with Crippen molar-refractivity contribution >= 4 is 5.97 Å². The lowest BCUT2D eigenvalue weighted by molar-refractivity contribution is -0.153. The van der Waals surface area contributed by atoms with E-state index in [2.05, 4.69) is 4.74 Å². The maximum atomic E-state index is 10.5. The molecule has 0 rings (SSSR count). The largest absolute Gasteiger partial charge is 0.467 e. The van der Waals surface area contributed by atoms with Gasteiger partial charge in [-0.3, -0.25) is 0 Å². The number of ether oxygens (including phenoxy) is 2. The summed E-state index contributed by atoms with van der Waals surface area (Å²) >= 11 is 0. The molecule has 1 N–H and O–H groups in total. The Kier molecular flexibility index (Phi) is 4.88. The highest BCUT2D eigenvalue weighted by Crippen LogP contribution is 1.87. The van der Waals surface area contributed by atoms with E-state index in [9.17, 15) is 4.79 Å². The van der Waals surface area contributed by atoms with Crippen LogP contribution in [0.1, 0.15) is 6.92 Å². The average molecular weight is 148 g/mol. The summed E-state index contributed by atoms with van der Waals surface area (Å²) in [6.07, 6.45) is -1.15. The molecule has 0 aliphatic heterocycles. The lowest BCUT2D eigenvalue weighted by Crippen LogP contribution is -2.26. The van der Waals surface area contributed by atoms with E-state index in [0.717, 1.165) is 0 Å². The summed E-state index contributed by atoms with van der Waals surface area (Å²) in [5.41, 5.74) is 0. The van der Waals surface area contributed by atoms with E-state index in [1.54, 1.807) is 6.92 Å². The lowest BCUT2D eigenvalue weighted by Gasteiger charge is -2.06. The molecule has 0 heterocycles. The van der Waals surface area contributed by atoms with Gasteiger partial charge in [0.15, 0.2) is 6.10 Å². The first-order valence-corrected chi connectivity index (χ1v) is 3.06. The van der Waals surface area contributed by atoms with Gasteiger partial charge < -0.3 is 14.6 Å². The predicted molar refractivity (Wildman–Crippen MR) is 34.5 cm³/mol. The average Bonchev–Trinajstić information content (AvgIpc) is 1.98. The molecule has 1 atom stereocenters. The van der Waals surface area contributed by atoms with Gasteiger partial charge in [0.05, 0.1) is 13.7 Å². The van der Waals surface area contributed by atoms with Crippen LogP contribution in [0.15, 0.2) is 0 Å². The molecule has 0 aromatic carbocycles. The molecule has 0 spiro atoms. The number of rotatable bonds is 4. The first kappa shape index (κ1) is 9.39. The molecule has 0 fully saturated rings. The molecule has 0 aliphatic carbocycles. The summed E-state index contributed by atoms with van der Waals surface area (Å²) in [5.74, 6) is -0.659. The minimum absolute atomic E-state index is 0.00315. The molecule has 0 aliphatic rings. The molecular weight excluding hydrogens is 136 g/mol. The molecule has 0 radical (unpaired) electrons. The summed E-state index contributed by atoms with van der Waals surface area (Å²) < 4.78 is 9.01. The van der Waals surface area contributed by atoms with E-state index in [-0.39, 0.29) is 6.61 Å². The smallest absolute Gasteiger partial charge is 0.337 e. The molecule has 4 heteroatoms. The Morgan fingerprint density at radius 3 is 2.70 bits per heavy atom. The first-order valence-electron chi connectivity index (χ1n) is 3.06. The van der Waals surface area contributed by atoms with Gasteiger partial charge in [-0.1, -0.05) is 0 Å². The van der Waals surface area contributed by atoms with Crippen LogP contribution in [0.5, 0.6) is 0 Å². The van der Waals surface area contributed by atoms with Gasteiger partial charge in [-0.05, 0) is 6.92 Å². The van der Waals surface area contributed by atoms with E-state index >= 15 is 0 Å². The normalized spacial score (nSPS) is 12.7. The van der Waals surface area contributed by atoms with Crippen molar-refractivity contribution in [2.45, 2.75) is 13.0 Å². The Morgan fingerprint density at radius 1 is 1.70 bits per heavy atom. The topological polar surface area (TPSA) is 55.8 Å².